The van der Waals surface area contributed by atoms with E-state index in [1.165, 1.54) is 0 Å². The van der Waals surface area contributed by atoms with E-state index in [9.17, 15) is 9.00 Å². The van der Waals surface area contributed by atoms with Crippen molar-refractivity contribution >= 4 is 22.6 Å². The zero-order chi connectivity index (χ0) is 17.0. The fraction of sp³-hybridized carbons (Fsp3) is 0.750. The van der Waals surface area contributed by atoms with Gasteiger partial charge in [-0.15, -0.1) is 0 Å². The standard InChI is InChI=1S/C16H27N3O3S/c1-5-23(21)12-9-7-6-8-11(12)17-15(20)18-14-10-13(22-19-14)16(2,3)4/h10-12H,5-9H2,1-4H3,(H2,17,18,19,20)/t11-,12+,23-/m0/s1. The van der Waals surface area contributed by atoms with Crippen LogP contribution in [0.1, 0.15) is 59.1 Å². The van der Waals surface area contributed by atoms with E-state index in [0.717, 1.165) is 31.4 Å². The topological polar surface area (TPSA) is 84.2 Å². The summed E-state index contributed by atoms with van der Waals surface area (Å²) in [4.78, 5) is 12.2. The summed E-state index contributed by atoms with van der Waals surface area (Å²) < 4.78 is 17.4. The fourth-order valence-corrected chi connectivity index (χ4v) is 4.23. The molecule has 0 aromatic carbocycles. The van der Waals surface area contributed by atoms with E-state index in [0.29, 0.717) is 11.6 Å². The fourth-order valence-electron chi connectivity index (χ4n) is 2.80. The normalized spacial score (nSPS) is 23.3. The van der Waals surface area contributed by atoms with Crippen LogP contribution in [0.15, 0.2) is 10.6 Å². The lowest BCUT2D eigenvalue weighted by Crippen LogP contribution is -2.48. The molecule has 1 aliphatic rings. The maximum absolute atomic E-state index is 12.2. The zero-order valence-corrected chi connectivity index (χ0v) is 15.2. The third kappa shape index (κ3) is 4.80. The van der Waals surface area contributed by atoms with Gasteiger partial charge in [0.05, 0.1) is 5.25 Å². The van der Waals surface area contributed by atoms with Crippen LogP contribution in [0, 0.1) is 0 Å². The van der Waals surface area contributed by atoms with Crippen molar-refractivity contribution in [1.29, 1.82) is 0 Å². The molecule has 0 radical (unpaired) electrons. The molecular formula is C16H27N3O3S. The maximum atomic E-state index is 12.2. The van der Waals surface area contributed by atoms with Crippen LogP contribution in [0.3, 0.4) is 0 Å². The Morgan fingerprint density at radius 3 is 2.70 bits per heavy atom. The minimum absolute atomic E-state index is 0.0430. The third-order valence-electron chi connectivity index (χ3n) is 4.13. The predicted octanol–water partition coefficient (Wildman–Crippen LogP) is 3.17. The van der Waals surface area contributed by atoms with Gasteiger partial charge >= 0.3 is 6.03 Å². The van der Waals surface area contributed by atoms with Gasteiger partial charge in [0, 0.05) is 34.1 Å². The summed E-state index contributed by atoms with van der Waals surface area (Å²) in [7, 11) is -0.891. The molecule has 1 aliphatic carbocycles. The van der Waals surface area contributed by atoms with Crippen molar-refractivity contribution in [3.05, 3.63) is 11.8 Å². The van der Waals surface area contributed by atoms with Crippen molar-refractivity contribution in [3.8, 4) is 0 Å². The van der Waals surface area contributed by atoms with Gasteiger partial charge in [-0.05, 0) is 12.8 Å². The van der Waals surface area contributed by atoms with Gasteiger partial charge in [-0.25, -0.2) is 4.79 Å². The molecule has 1 heterocycles. The molecule has 23 heavy (non-hydrogen) atoms. The number of urea groups is 1. The molecule has 0 unspecified atom stereocenters. The smallest absolute Gasteiger partial charge is 0.320 e. The molecule has 2 N–H and O–H groups in total. The number of carbonyl (C=O) groups excluding carboxylic acids is 1. The third-order valence-corrected chi connectivity index (χ3v) is 5.94. The Bertz CT molecular complexity index is 565. The first-order valence-electron chi connectivity index (χ1n) is 8.23. The lowest BCUT2D eigenvalue weighted by Gasteiger charge is -2.31. The molecule has 2 amide bonds. The zero-order valence-electron chi connectivity index (χ0n) is 14.3. The number of carbonyl (C=O) groups is 1. The molecule has 1 saturated carbocycles. The summed E-state index contributed by atoms with van der Waals surface area (Å²) in [6, 6.07) is 1.38. The Balaban J connectivity index is 1.95. The number of aromatic nitrogens is 1. The van der Waals surface area contributed by atoms with Crippen LogP contribution in [-0.4, -0.2) is 32.4 Å². The Morgan fingerprint density at radius 2 is 2.09 bits per heavy atom. The van der Waals surface area contributed by atoms with Crippen LogP contribution in [0.4, 0.5) is 10.6 Å². The first-order valence-corrected chi connectivity index (χ1v) is 9.61. The second-order valence-electron chi connectivity index (χ2n) is 7.02. The van der Waals surface area contributed by atoms with Crippen molar-refractivity contribution in [2.45, 2.75) is 70.1 Å². The van der Waals surface area contributed by atoms with Gasteiger partial charge in [0.15, 0.2) is 5.82 Å². The van der Waals surface area contributed by atoms with Crippen LogP contribution < -0.4 is 10.6 Å². The lowest BCUT2D eigenvalue weighted by molar-refractivity contribution is 0.244. The van der Waals surface area contributed by atoms with E-state index in [1.807, 2.05) is 27.7 Å². The molecule has 1 fully saturated rings. The lowest BCUT2D eigenvalue weighted by atomic mass is 9.93. The SMILES string of the molecule is CC[S@](=O)[C@@H]1CCCC[C@@H]1NC(=O)Nc1cc(C(C)(C)C)on1. The highest BCUT2D eigenvalue weighted by Crippen LogP contribution is 2.25. The van der Waals surface area contributed by atoms with E-state index in [4.69, 9.17) is 4.52 Å². The van der Waals surface area contributed by atoms with Crippen LogP contribution in [0.2, 0.25) is 0 Å². The van der Waals surface area contributed by atoms with Crippen molar-refractivity contribution in [1.82, 2.24) is 10.5 Å². The summed E-state index contributed by atoms with van der Waals surface area (Å²) in [5.41, 5.74) is -0.157. The van der Waals surface area contributed by atoms with Gasteiger partial charge in [0.1, 0.15) is 5.76 Å². The Kier molecular flexibility index (Phi) is 5.84. The summed E-state index contributed by atoms with van der Waals surface area (Å²) in [5, 5.41) is 9.58. The molecule has 1 aromatic rings. The van der Waals surface area contributed by atoms with Gasteiger partial charge in [0.25, 0.3) is 0 Å². The van der Waals surface area contributed by atoms with Crippen LogP contribution in [0.5, 0.6) is 0 Å². The Labute approximate surface area is 140 Å². The molecule has 2 rings (SSSR count). The van der Waals surface area contributed by atoms with Gasteiger partial charge in [-0.2, -0.15) is 0 Å². The molecule has 1 aromatic heterocycles. The molecule has 6 nitrogen and oxygen atoms in total. The van der Waals surface area contributed by atoms with Gasteiger partial charge < -0.3 is 9.84 Å². The Morgan fingerprint density at radius 1 is 1.39 bits per heavy atom. The number of nitrogens with zero attached hydrogens (tertiary/aromatic N) is 1. The highest BCUT2D eigenvalue weighted by atomic mass is 32.2. The molecule has 0 bridgehead atoms. The summed E-state index contributed by atoms with van der Waals surface area (Å²) in [6.45, 7) is 7.98. The van der Waals surface area contributed by atoms with Crippen molar-refractivity contribution in [2.75, 3.05) is 11.1 Å². The highest BCUT2D eigenvalue weighted by molar-refractivity contribution is 7.85. The minimum atomic E-state index is -0.891. The first-order chi connectivity index (χ1) is 10.8. The van der Waals surface area contributed by atoms with E-state index < -0.39 is 10.8 Å². The van der Waals surface area contributed by atoms with Crippen LogP contribution in [0.25, 0.3) is 0 Å². The van der Waals surface area contributed by atoms with Crippen molar-refractivity contribution in [2.24, 2.45) is 0 Å². The first kappa shape index (κ1) is 18.0. The number of hydrogen-bond acceptors (Lipinski definition) is 4. The average Bonchev–Trinajstić information content (AvgIpc) is 2.95. The predicted molar refractivity (Wildman–Crippen MR) is 92.1 cm³/mol. The molecule has 3 atom stereocenters. The number of amides is 2. The van der Waals surface area contributed by atoms with Crippen molar-refractivity contribution in [3.63, 3.8) is 0 Å². The van der Waals surface area contributed by atoms with E-state index in [1.54, 1.807) is 6.07 Å². The summed E-state index contributed by atoms with van der Waals surface area (Å²) in [6.07, 6.45) is 3.91. The monoisotopic (exact) mass is 341 g/mol. The number of rotatable bonds is 4. The quantitative estimate of drug-likeness (QED) is 0.881. The van der Waals surface area contributed by atoms with Gasteiger partial charge in [-0.1, -0.05) is 45.7 Å². The number of nitrogens with one attached hydrogen (secondary N) is 2. The molecular weight excluding hydrogens is 314 g/mol. The van der Waals surface area contributed by atoms with Crippen LogP contribution in [-0.2, 0) is 16.2 Å². The molecule has 0 aliphatic heterocycles. The van der Waals surface area contributed by atoms with Gasteiger partial charge in [-0.3, -0.25) is 9.53 Å². The second-order valence-corrected chi connectivity index (χ2v) is 8.97. The van der Waals surface area contributed by atoms with E-state index in [2.05, 4.69) is 15.8 Å². The number of hydrogen-bond donors (Lipinski definition) is 2. The highest BCUT2D eigenvalue weighted by Gasteiger charge is 2.30. The summed E-state index contributed by atoms with van der Waals surface area (Å²) in [5.74, 6) is 1.75. The second kappa shape index (κ2) is 7.47. The molecule has 0 saturated heterocycles. The van der Waals surface area contributed by atoms with Gasteiger partial charge in [0.2, 0.25) is 0 Å². The molecule has 130 valence electrons. The molecule has 0 spiro atoms. The number of anilines is 1. The average molecular weight is 341 g/mol. The van der Waals surface area contributed by atoms with Crippen LogP contribution >= 0.6 is 0 Å². The maximum Gasteiger partial charge on any atom is 0.320 e. The van der Waals surface area contributed by atoms with E-state index >= 15 is 0 Å². The Hall–Kier alpha value is -1.37. The summed E-state index contributed by atoms with van der Waals surface area (Å²) >= 11 is 0. The molecule has 7 heteroatoms. The minimum Gasteiger partial charge on any atom is -0.359 e. The van der Waals surface area contributed by atoms with Crippen molar-refractivity contribution < 1.29 is 13.5 Å². The largest absolute Gasteiger partial charge is 0.359 e. The van der Waals surface area contributed by atoms with E-state index in [-0.39, 0.29) is 22.7 Å².